The lowest BCUT2D eigenvalue weighted by molar-refractivity contribution is -0.140. The van der Waals surface area contributed by atoms with Crippen molar-refractivity contribution in [2.24, 2.45) is 5.92 Å². The normalized spacial score (nSPS) is 17.3. The van der Waals surface area contributed by atoms with Crippen LogP contribution in [-0.4, -0.2) is 30.1 Å². The molecule has 0 aromatic heterocycles. The molecule has 0 radical (unpaired) electrons. The number of amides is 1. The lowest BCUT2D eigenvalue weighted by atomic mass is 9.87. The summed E-state index contributed by atoms with van der Waals surface area (Å²) in [6, 6.07) is 0. The van der Waals surface area contributed by atoms with E-state index in [0.717, 1.165) is 57.8 Å². The van der Waals surface area contributed by atoms with Crippen LogP contribution in [0.3, 0.4) is 0 Å². The van der Waals surface area contributed by atoms with Gasteiger partial charge in [-0.2, -0.15) is 13.2 Å². The molecule has 2 nitrogen and oxygen atoms in total. The zero-order valence-corrected chi connectivity index (χ0v) is 14.4. The summed E-state index contributed by atoms with van der Waals surface area (Å²) in [5.41, 5.74) is -0.948. The minimum Gasteiger partial charge on any atom is -0.339 e. The van der Waals surface area contributed by atoms with Crippen molar-refractivity contribution < 1.29 is 18.0 Å². The summed E-state index contributed by atoms with van der Waals surface area (Å²) in [7, 11) is 0. The van der Waals surface area contributed by atoms with Gasteiger partial charge < -0.3 is 4.90 Å². The average molecular weight is 333 g/mol. The fraction of sp³-hybridized carbons (Fsp3) is 0.833. The second-order valence-electron chi connectivity index (χ2n) is 6.48. The van der Waals surface area contributed by atoms with Gasteiger partial charge in [-0.3, -0.25) is 4.79 Å². The van der Waals surface area contributed by atoms with E-state index in [9.17, 15) is 18.0 Å². The van der Waals surface area contributed by atoms with Gasteiger partial charge >= 0.3 is 6.18 Å². The quantitative estimate of drug-likeness (QED) is 0.538. The Hall–Kier alpha value is -1.00. The first-order valence-corrected chi connectivity index (χ1v) is 8.98. The maximum absolute atomic E-state index is 13.4. The lowest BCUT2D eigenvalue weighted by Gasteiger charge is -2.26. The standard InChI is InChI=1S/C18H30F3NO/c1-3-5-12-22(13-6-4-2)17(23)16(18(19,20)21)14-15-10-8-7-9-11-15/h14-15H,3-13H2,1-2H3/b16-14-. The van der Waals surface area contributed by atoms with Crippen molar-refractivity contribution in [2.75, 3.05) is 13.1 Å². The van der Waals surface area contributed by atoms with Crippen LogP contribution in [0.5, 0.6) is 0 Å². The molecule has 0 aromatic carbocycles. The molecule has 0 atom stereocenters. The van der Waals surface area contributed by atoms with E-state index in [1.54, 1.807) is 0 Å². The summed E-state index contributed by atoms with van der Waals surface area (Å²) in [6.07, 6.45) is 4.37. The van der Waals surface area contributed by atoms with Gasteiger partial charge in [0.2, 0.25) is 0 Å². The minimum atomic E-state index is -4.56. The van der Waals surface area contributed by atoms with Crippen molar-refractivity contribution in [3.05, 3.63) is 11.6 Å². The summed E-state index contributed by atoms with van der Waals surface area (Å²) in [5.74, 6) is -0.937. The van der Waals surface area contributed by atoms with Gasteiger partial charge in [-0.05, 0) is 31.6 Å². The summed E-state index contributed by atoms with van der Waals surface area (Å²) in [4.78, 5) is 13.9. The molecule has 0 saturated heterocycles. The Morgan fingerprint density at radius 2 is 1.57 bits per heavy atom. The van der Waals surface area contributed by atoms with E-state index in [-0.39, 0.29) is 5.92 Å². The van der Waals surface area contributed by atoms with Crippen molar-refractivity contribution in [3.63, 3.8) is 0 Å². The number of unbranched alkanes of at least 4 members (excludes halogenated alkanes) is 2. The molecule has 1 fully saturated rings. The minimum absolute atomic E-state index is 0.108. The summed E-state index contributed by atoms with van der Waals surface area (Å²) in [5, 5.41) is 0. The van der Waals surface area contributed by atoms with Crippen molar-refractivity contribution in [1.82, 2.24) is 4.90 Å². The van der Waals surface area contributed by atoms with E-state index in [1.807, 2.05) is 13.8 Å². The zero-order valence-electron chi connectivity index (χ0n) is 14.4. The van der Waals surface area contributed by atoms with Gasteiger partial charge in [0.1, 0.15) is 5.57 Å². The SMILES string of the molecule is CCCCN(CCCC)C(=O)/C(=C/C1CCCCC1)C(F)(F)F. The molecule has 0 N–H and O–H groups in total. The highest BCUT2D eigenvalue weighted by molar-refractivity contribution is 5.94. The molecule has 23 heavy (non-hydrogen) atoms. The van der Waals surface area contributed by atoms with Crippen LogP contribution in [0, 0.1) is 5.92 Å². The van der Waals surface area contributed by atoms with E-state index in [1.165, 1.54) is 11.0 Å². The second kappa shape index (κ2) is 9.99. The average Bonchev–Trinajstić information content (AvgIpc) is 2.52. The van der Waals surface area contributed by atoms with Gasteiger partial charge in [0.25, 0.3) is 5.91 Å². The monoisotopic (exact) mass is 333 g/mol. The number of allylic oxidation sites excluding steroid dienone is 1. The summed E-state index contributed by atoms with van der Waals surface area (Å²) < 4.78 is 40.2. The third-order valence-corrected chi connectivity index (χ3v) is 4.44. The molecular formula is C18H30F3NO. The van der Waals surface area contributed by atoms with Crippen LogP contribution in [0.4, 0.5) is 13.2 Å². The number of alkyl halides is 3. The van der Waals surface area contributed by atoms with Gasteiger partial charge in [-0.15, -0.1) is 0 Å². The number of carbonyl (C=O) groups excluding carboxylic acids is 1. The first-order valence-electron chi connectivity index (χ1n) is 8.98. The number of carbonyl (C=O) groups is 1. The van der Waals surface area contributed by atoms with Crippen LogP contribution in [0.25, 0.3) is 0 Å². The van der Waals surface area contributed by atoms with Crippen LogP contribution < -0.4 is 0 Å². The molecular weight excluding hydrogens is 303 g/mol. The van der Waals surface area contributed by atoms with Gasteiger partial charge in [-0.1, -0.05) is 52.0 Å². The van der Waals surface area contributed by atoms with Crippen molar-refractivity contribution in [1.29, 1.82) is 0 Å². The first-order chi connectivity index (χ1) is 10.9. The topological polar surface area (TPSA) is 20.3 Å². The Balaban J connectivity index is 2.92. The summed E-state index contributed by atoms with van der Waals surface area (Å²) in [6.45, 7) is 4.77. The molecule has 0 aromatic rings. The molecule has 0 heterocycles. The largest absolute Gasteiger partial charge is 0.421 e. The zero-order chi connectivity index (χ0) is 17.3. The van der Waals surface area contributed by atoms with Crippen molar-refractivity contribution >= 4 is 5.91 Å². The number of rotatable bonds is 8. The Bertz CT molecular complexity index is 376. The number of hydrogen-bond donors (Lipinski definition) is 0. The Morgan fingerprint density at radius 1 is 1.04 bits per heavy atom. The van der Waals surface area contributed by atoms with Crippen LogP contribution >= 0.6 is 0 Å². The van der Waals surface area contributed by atoms with E-state index in [4.69, 9.17) is 0 Å². The molecule has 1 saturated carbocycles. The predicted molar refractivity (Wildman–Crippen MR) is 87.1 cm³/mol. The first kappa shape index (κ1) is 20.0. The Morgan fingerprint density at radius 3 is 2.00 bits per heavy atom. The van der Waals surface area contributed by atoms with Crippen LogP contribution in [-0.2, 0) is 4.79 Å². The maximum Gasteiger partial charge on any atom is 0.421 e. The van der Waals surface area contributed by atoms with Gasteiger partial charge in [-0.25, -0.2) is 0 Å². The van der Waals surface area contributed by atoms with Crippen molar-refractivity contribution in [3.8, 4) is 0 Å². The van der Waals surface area contributed by atoms with Crippen LogP contribution in [0.1, 0.15) is 71.6 Å². The molecule has 0 unspecified atom stereocenters. The van der Waals surface area contributed by atoms with Gasteiger partial charge in [0, 0.05) is 13.1 Å². The fourth-order valence-electron chi connectivity index (χ4n) is 3.01. The predicted octanol–water partition coefficient (Wildman–Crippen LogP) is 5.48. The van der Waals surface area contributed by atoms with E-state index in [2.05, 4.69) is 0 Å². The molecule has 0 spiro atoms. The highest BCUT2D eigenvalue weighted by Gasteiger charge is 2.40. The molecule has 1 amide bonds. The molecule has 0 bridgehead atoms. The lowest BCUT2D eigenvalue weighted by Crippen LogP contribution is -2.38. The van der Waals surface area contributed by atoms with Gasteiger partial charge in [0.05, 0.1) is 0 Å². The summed E-state index contributed by atoms with van der Waals surface area (Å²) >= 11 is 0. The fourth-order valence-corrected chi connectivity index (χ4v) is 3.01. The molecule has 134 valence electrons. The van der Waals surface area contributed by atoms with E-state index < -0.39 is 17.7 Å². The molecule has 5 heteroatoms. The van der Waals surface area contributed by atoms with Crippen molar-refractivity contribution in [2.45, 2.75) is 77.8 Å². The Kier molecular flexibility index (Phi) is 8.71. The molecule has 1 aliphatic carbocycles. The van der Waals surface area contributed by atoms with E-state index >= 15 is 0 Å². The van der Waals surface area contributed by atoms with Crippen LogP contribution in [0.15, 0.2) is 11.6 Å². The highest BCUT2D eigenvalue weighted by atomic mass is 19.4. The highest BCUT2D eigenvalue weighted by Crippen LogP contribution is 2.32. The third kappa shape index (κ3) is 6.96. The maximum atomic E-state index is 13.4. The number of halogens is 3. The smallest absolute Gasteiger partial charge is 0.339 e. The number of nitrogens with zero attached hydrogens (tertiary/aromatic N) is 1. The molecule has 0 aliphatic heterocycles. The number of hydrogen-bond acceptors (Lipinski definition) is 1. The van der Waals surface area contributed by atoms with Gasteiger partial charge in [0.15, 0.2) is 0 Å². The molecule has 1 rings (SSSR count). The third-order valence-electron chi connectivity index (χ3n) is 4.44. The molecule has 1 aliphatic rings. The Labute approximate surface area is 138 Å². The van der Waals surface area contributed by atoms with Crippen LogP contribution in [0.2, 0.25) is 0 Å². The second-order valence-corrected chi connectivity index (χ2v) is 6.48. The van der Waals surface area contributed by atoms with E-state index in [0.29, 0.717) is 13.1 Å².